The van der Waals surface area contributed by atoms with Gasteiger partial charge in [0.05, 0.1) is 11.2 Å². The highest BCUT2D eigenvalue weighted by molar-refractivity contribution is 6.55. The first-order valence-corrected chi connectivity index (χ1v) is 6.49. The molecule has 0 aliphatic carbocycles. The van der Waals surface area contributed by atoms with E-state index in [1.165, 1.54) is 4.68 Å². The number of Topliss-reactive ketones (excluding diaryl/α,β-unsaturated/α-hetero) is 1. The van der Waals surface area contributed by atoms with E-state index in [-0.39, 0.29) is 22.9 Å². The maximum atomic E-state index is 12.5. The van der Waals surface area contributed by atoms with Crippen LogP contribution in [0, 0.1) is 0 Å². The van der Waals surface area contributed by atoms with Gasteiger partial charge in [-0.15, -0.1) is 0 Å². The van der Waals surface area contributed by atoms with Gasteiger partial charge in [0, 0.05) is 10.9 Å². The Hall–Kier alpha value is -3.08. The zero-order valence-corrected chi connectivity index (χ0v) is 10.9. The van der Waals surface area contributed by atoms with Gasteiger partial charge >= 0.3 is 0 Å². The lowest BCUT2D eigenvalue weighted by atomic mass is 10.1. The van der Waals surface area contributed by atoms with Crippen molar-refractivity contribution in [1.29, 1.82) is 0 Å². The summed E-state index contributed by atoms with van der Waals surface area (Å²) >= 11 is 0. The number of aromatic hydroxyl groups is 1. The molecule has 0 saturated heterocycles. The number of carbonyl (C=O) groups excluding carboxylic acids is 1. The molecule has 1 aliphatic heterocycles. The molecule has 2 aromatic carbocycles. The third kappa shape index (κ3) is 1.45. The molecule has 2 heterocycles. The van der Waals surface area contributed by atoms with E-state index in [9.17, 15) is 9.90 Å². The number of fused-ring (bicyclic) bond motifs is 2. The van der Waals surface area contributed by atoms with E-state index in [1.54, 1.807) is 36.4 Å². The molecule has 5 nitrogen and oxygen atoms in total. The summed E-state index contributed by atoms with van der Waals surface area (Å²) in [5, 5.41) is 11.0. The number of aromatic nitrogens is 1. The van der Waals surface area contributed by atoms with Crippen LogP contribution in [0.4, 0.5) is 5.69 Å². The van der Waals surface area contributed by atoms with Gasteiger partial charge in [0.15, 0.2) is 5.75 Å². The minimum Gasteiger partial charge on any atom is -0.505 e. The Labute approximate surface area is 119 Å². The van der Waals surface area contributed by atoms with E-state index in [4.69, 9.17) is 5.84 Å². The molecule has 0 amide bonds. The van der Waals surface area contributed by atoms with Crippen LogP contribution in [0.15, 0.2) is 53.5 Å². The van der Waals surface area contributed by atoms with E-state index in [1.807, 2.05) is 12.1 Å². The molecule has 0 atom stereocenters. The predicted molar refractivity (Wildman–Crippen MR) is 80.7 cm³/mol. The maximum Gasteiger partial charge on any atom is 0.215 e. The highest BCUT2D eigenvalue weighted by Gasteiger charge is 2.31. The second kappa shape index (κ2) is 3.96. The van der Waals surface area contributed by atoms with Crippen molar-refractivity contribution in [3.05, 3.63) is 59.8 Å². The summed E-state index contributed by atoms with van der Waals surface area (Å²) < 4.78 is 1.31. The van der Waals surface area contributed by atoms with Crippen LogP contribution in [0.3, 0.4) is 0 Å². The number of ketones is 1. The summed E-state index contributed by atoms with van der Waals surface area (Å²) in [7, 11) is 0. The van der Waals surface area contributed by atoms with Gasteiger partial charge in [-0.25, -0.2) is 4.99 Å². The maximum absolute atomic E-state index is 12.5. The van der Waals surface area contributed by atoms with Crippen LogP contribution in [0.2, 0.25) is 0 Å². The Kier molecular flexibility index (Phi) is 2.21. The third-order valence-electron chi connectivity index (χ3n) is 3.70. The molecule has 4 rings (SSSR count). The fourth-order valence-corrected chi connectivity index (χ4v) is 2.69. The number of rotatable bonds is 1. The van der Waals surface area contributed by atoms with Crippen LogP contribution in [0.1, 0.15) is 16.1 Å². The van der Waals surface area contributed by atoms with Gasteiger partial charge in [-0.1, -0.05) is 24.3 Å². The van der Waals surface area contributed by atoms with Crippen molar-refractivity contribution in [2.24, 2.45) is 4.99 Å². The number of nitrogens with two attached hydrogens (primary N) is 1. The number of hydrogen-bond acceptors (Lipinski definition) is 4. The normalized spacial score (nSPS) is 13.5. The average molecular weight is 277 g/mol. The number of carbonyl (C=O) groups is 1. The van der Waals surface area contributed by atoms with E-state index in [0.29, 0.717) is 22.2 Å². The molecule has 3 aromatic rings. The molecule has 0 saturated carbocycles. The monoisotopic (exact) mass is 277 g/mol. The zero-order chi connectivity index (χ0) is 14.6. The number of nitrogen functional groups attached to an aromatic ring is 1. The van der Waals surface area contributed by atoms with Gasteiger partial charge in [0.25, 0.3) is 0 Å². The highest BCUT2D eigenvalue weighted by Crippen LogP contribution is 2.35. The van der Waals surface area contributed by atoms with Crippen LogP contribution >= 0.6 is 0 Å². The number of hydrogen-bond donors (Lipinski definition) is 2. The van der Waals surface area contributed by atoms with Crippen molar-refractivity contribution in [3.8, 4) is 5.75 Å². The third-order valence-corrected chi connectivity index (χ3v) is 3.70. The van der Waals surface area contributed by atoms with E-state index < -0.39 is 0 Å². The molecule has 21 heavy (non-hydrogen) atoms. The second-order valence-corrected chi connectivity index (χ2v) is 4.89. The predicted octanol–water partition coefficient (Wildman–Crippen LogP) is 2.38. The van der Waals surface area contributed by atoms with Crippen LogP contribution in [0.5, 0.6) is 5.75 Å². The highest BCUT2D eigenvalue weighted by atomic mass is 16.3. The fraction of sp³-hybridized carbons (Fsp3) is 0. The van der Waals surface area contributed by atoms with Gasteiger partial charge in [-0.05, 0) is 24.3 Å². The Morgan fingerprint density at radius 2 is 1.76 bits per heavy atom. The van der Waals surface area contributed by atoms with Crippen LogP contribution in [0.25, 0.3) is 10.9 Å². The standard InChI is InChI=1S/C16H11N3O2/c17-19-12-8-4-2-6-10(12)16(21)14(19)13-15(20)9-5-1-3-7-11(9)18-13/h1-8,21H,17H2. The van der Waals surface area contributed by atoms with Gasteiger partial charge < -0.3 is 10.9 Å². The molecule has 0 fully saturated rings. The largest absolute Gasteiger partial charge is 0.505 e. The molecule has 1 aromatic heterocycles. The quantitative estimate of drug-likeness (QED) is 0.670. The number of nitrogens with zero attached hydrogens (tertiary/aromatic N) is 2. The summed E-state index contributed by atoms with van der Waals surface area (Å²) in [6.07, 6.45) is 0. The topological polar surface area (TPSA) is 80.6 Å². The molecular weight excluding hydrogens is 266 g/mol. The second-order valence-electron chi connectivity index (χ2n) is 4.89. The smallest absolute Gasteiger partial charge is 0.215 e. The SMILES string of the molecule is Nn1c(C2=Nc3ccccc3C2=O)c(O)c2ccccc21. The molecule has 102 valence electrons. The summed E-state index contributed by atoms with van der Waals surface area (Å²) in [5.74, 6) is 5.79. The average Bonchev–Trinajstić information content (AvgIpc) is 2.96. The van der Waals surface area contributed by atoms with Crippen LogP contribution in [-0.4, -0.2) is 21.3 Å². The number of para-hydroxylation sites is 2. The minimum absolute atomic E-state index is 0.0204. The summed E-state index contributed by atoms with van der Waals surface area (Å²) in [6.45, 7) is 0. The van der Waals surface area contributed by atoms with E-state index in [0.717, 1.165) is 0 Å². The molecule has 0 bridgehead atoms. The van der Waals surface area contributed by atoms with Crippen LogP contribution < -0.4 is 5.84 Å². The Morgan fingerprint density at radius 3 is 2.52 bits per heavy atom. The fourth-order valence-electron chi connectivity index (χ4n) is 2.69. The lowest BCUT2D eigenvalue weighted by Crippen LogP contribution is -2.20. The van der Waals surface area contributed by atoms with Crippen LogP contribution in [-0.2, 0) is 0 Å². The Bertz CT molecular complexity index is 899. The first-order chi connectivity index (χ1) is 10.2. The van der Waals surface area contributed by atoms with Crippen molar-refractivity contribution in [2.45, 2.75) is 0 Å². The molecule has 0 spiro atoms. The first kappa shape index (κ1) is 11.7. The summed E-state index contributed by atoms with van der Waals surface area (Å²) in [5.41, 5.74) is 2.19. The number of benzene rings is 2. The van der Waals surface area contributed by atoms with Crippen molar-refractivity contribution in [2.75, 3.05) is 5.84 Å². The van der Waals surface area contributed by atoms with Gasteiger partial charge in [0.2, 0.25) is 5.78 Å². The van der Waals surface area contributed by atoms with Crippen molar-refractivity contribution in [1.82, 2.24) is 4.68 Å². The Morgan fingerprint density at radius 1 is 1.05 bits per heavy atom. The lowest BCUT2D eigenvalue weighted by molar-refractivity contribution is 0.106. The van der Waals surface area contributed by atoms with E-state index >= 15 is 0 Å². The molecule has 3 N–H and O–H groups in total. The first-order valence-electron chi connectivity index (χ1n) is 6.49. The van der Waals surface area contributed by atoms with Crippen molar-refractivity contribution in [3.63, 3.8) is 0 Å². The van der Waals surface area contributed by atoms with Gasteiger partial charge in [0.1, 0.15) is 11.4 Å². The zero-order valence-electron chi connectivity index (χ0n) is 10.9. The van der Waals surface area contributed by atoms with Crippen molar-refractivity contribution >= 4 is 28.1 Å². The Balaban J connectivity index is 2.00. The summed E-state index contributed by atoms with van der Waals surface area (Å²) in [6, 6.07) is 14.2. The lowest BCUT2D eigenvalue weighted by Gasteiger charge is -2.03. The van der Waals surface area contributed by atoms with Gasteiger partial charge in [-0.3, -0.25) is 9.47 Å². The minimum atomic E-state index is -0.226. The van der Waals surface area contributed by atoms with Gasteiger partial charge in [-0.2, -0.15) is 0 Å². The molecule has 1 aliphatic rings. The number of aliphatic imine (C=N–C) groups is 1. The molecular formula is C16H11N3O2. The van der Waals surface area contributed by atoms with E-state index in [2.05, 4.69) is 4.99 Å². The molecule has 5 heteroatoms. The van der Waals surface area contributed by atoms with Crippen molar-refractivity contribution < 1.29 is 9.90 Å². The molecule has 0 unspecified atom stereocenters. The summed E-state index contributed by atoms with van der Waals surface area (Å²) in [4.78, 5) is 16.8. The molecule has 0 radical (unpaired) electrons.